The number of benzene rings is 2. The Kier molecular flexibility index (Phi) is 6.04. The van der Waals surface area contributed by atoms with Gasteiger partial charge in [0.05, 0.1) is 31.5 Å². The van der Waals surface area contributed by atoms with Gasteiger partial charge in [0.25, 0.3) is 11.8 Å². The molecule has 1 aromatic heterocycles. The van der Waals surface area contributed by atoms with Crippen LogP contribution in [-0.2, 0) is 16.1 Å². The number of hydrogen-bond acceptors (Lipinski definition) is 6. The second-order valence-corrected chi connectivity index (χ2v) is 7.74. The standard InChI is InChI=1S/C24H22N2O4S/c1-3-30-19-12-7-5-10-17(19)25-22-21(20-13-8-14-31-20)23(27)26(24(22)28)15-16-9-4-6-11-18(16)29-2/h4-14,25H,3,15H2,1-2H3. The molecule has 1 aliphatic rings. The van der Waals surface area contributed by atoms with Crippen molar-refractivity contribution in [2.75, 3.05) is 19.0 Å². The predicted octanol–water partition coefficient (Wildman–Crippen LogP) is 4.55. The predicted molar refractivity (Wildman–Crippen MR) is 121 cm³/mol. The fraction of sp³-hybridized carbons (Fsp3) is 0.167. The third kappa shape index (κ3) is 4.04. The maximum atomic E-state index is 13.4. The van der Waals surface area contributed by atoms with Gasteiger partial charge in [0.2, 0.25) is 0 Å². The number of amides is 2. The summed E-state index contributed by atoms with van der Waals surface area (Å²) >= 11 is 1.42. The number of carbonyl (C=O) groups excluding carboxylic acids is 2. The molecule has 2 amide bonds. The lowest BCUT2D eigenvalue weighted by molar-refractivity contribution is -0.137. The van der Waals surface area contributed by atoms with Gasteiger partial charge in [-0.3, -0.25) is 14.5 Å². The normalized spacial score (nSPS) is 13.7. The molecule has 7 heteroatoms. The third-order valence-electron chi connectivity index (χ3n) is 4.90. The lowest BCUT2D eigenvalue weighted by atomic mass is 10.1. The monoisotopic (exact) mass is 434 g/mol. The van der Waals surface area contributed by atoms with E-state index in [9.17, 15) is 9.59 Å². The van der Waals surface area contributed by atoms with Gasteiger partial charge in [0.1, 0.15) is 17.2 Å². The van der Waals surface area contributed by atoms with Crippen LogP contribution >= 0.6 is 11.3 Å². The maximum Gasteiger partial charge on any atom is 0.278 e. The highest BCUT2D eigenvalue weighted by molar-refractivity contribution is 7.11. The lowest BCUT2D eigenvalue weighted by Gasteiger charge is -2.17. The first-order chi connectivity index (χ1) is 15.1. The van der Waals surface area contributed by atoms with Crippen LogP contribution in [-0.4, -0.2) is 30.4 Å². The van der Waals surface area contributed by atoms with Crippen LogP contribution < -0.4 is 14.8 Å². The van der Waals surface area contributed by atoms with Crippen LogP contribution in [0.2, 0.25) is 0 Å². The number of rotatable bonds is 8. The Morgan fingerprint density at radius 2 is 1.68 bits per heavy atom. The van der Waals surface area contributed by atoms with Crippen molar-refractivity contribution >= 4 is 34.4 Å². The molecule has 0 saturated heterocycles. The molecule has 1 N–H and O–H groups in total. The first kappa shape index (κ1) is 20.7. The lowest BCUT2D eigenvalue weighted by Crippen LogP contribution is -2.32. The van der Waals surface area contributed by atoms with Gasteiger partial charge in [-0.15, -0.1) is 11.3 Å². The fourth-order valence-electron chi connectivity index (χ4n) is 3.47. The highest BCUT2D eigenvalue weighted by Gasteiger charge is 2.40. The number of imide groups is 1. The molecule has 3 aromatic rings. The van der Waals surface area contributed by atoms with E-state index in [2.05, 4.69) is 5.32 Å². The summed E-state index contributed by atoms with van der Waals surface area (Å²) in [7, 11) is 1.57. The molecule has 0 spiro atoms. The molecule has 0 saturated carbocycles. The zero-order valence-corrected chi connectivity index (χ0v) is 18.1. The van der Waals surface area contributed by atoms with Crippen LogP contribution in [0.4, 0.5) is 5.69 Å². The van der Waals surface area contributed by atoms with Crippen molar-refractivity contribution in [2.45, 2.75) is 13.5 Å². The average Bonchev–Trinajstić information content (AvgIpc) is 3.39. The third-order valence-corrected chi connectivity index (χ3v) is 5.79. The van der Waals surface area contributed by atoms with E-state index >= 15 is 0 Å². The molecule has 0 bridgehead atoms. The number of nitrogens with one attached hydrogen (secondary N) is 1. The Bertz CT molecular complexity index is 1140. The SMILES string of the molecule is CCOc1ccccc1NC1=C(c2cccs2)C(=O)N(Cc2ccccc2OC)C1=O. The van der Waals surface area contributed by atoms with Crippen LogP contribution in [0.25, 0.3) is 5.57 Å². The summed E-state index contributed by atoms with van der Waals surface area (Å²) in [6.07, 6.45) is 0. The van der Waals surface area contributed by atoms with Crippen molar-refractivity contribution in [3.05, 3.63) is 82.2 Å². The molecule has 0 fully saturated rings. The van der Waals surface area contributed by atoms with Crippen molar-refractivity contribution in [3.63, 3.8) is 0 Å². The molecule has 4 rings (SSSR count). The van der Waals surface area contributed by atoms with Gasteiger partial charge in [-0.1, -0.05) is 36.4 Å². The second kappa shape index (κ2) is 9.06. The number of hydrogen-bond donors (Lipinski definition) is 1. The van der Waals surface area contributed by atoms with E-state index in [1.54, 1.807) is 7.11 Å². The molecule has 31 heavy (non-hydrogen) atoms. The van der Waals surface area contributed by atoms with Gasteiger partial charge in [0, 0.05) is 10.4 Å². The Balaban J connectivity index is 1.72. The van der Waals surface area contributed by atoms with E-state index < -0.39 is 0 Å². The van der Waals surface area contributed by atoms with Crippen molar-refractivity contribution < 1.29 is 19.1 Å². The number of thiophene rings is 1. The van der Waals surface area contributed by atoms with E-state index in [1.165, 1.54) is 16.2 Å². The topological polar surface area (TPSA) is 67.9 Å². The molecular formula is C24H22N2O4S. The van der Waals surface area contributed by atoms with E-state index in [-0.39, 0.29) is 24.1 Å². The largest absolute Gasteiger partial charge is 0.496 e. The molecule has 158 valence electrons. The summed E-state index contributed by atoms with van der Waals surface area (Å²) in [5.41, 5.74) is 2.00. The minimum Gasteiger partial charge on any atom is -0.496 e. The van der Waals surface area contributed by atoms with Gasteiger partial charge in [-0.25, -0.2) is 0 Å². The maximum absolute atomic E-state index is 13.4. The van der Waals surface area contributed by atoms with Gasteiger partial charge in [0.15, 0.2) is 0 Å². The number of para-hydroxylation sites is 3. The van der Waals surface area contributed by atoms with Crippen molar-refractivity contribution in [1.82, 2.24) is 4.90 Å². The zero-order valence-electron chi connectivity index (χ0n) is 17.3. The minimum absolute atomic E-state index is 0.120. The van der Waals surface area contributed by atoms with E-state index in [1.807, 2.05) is 73.0 Å². The minimum atomic E-state index is -0.384. The highest BCUT2D eigenvalue weighted by Crippen LogP contribution is 2.36. The Hall–Kier alpha value is -3.58. The van der Waals surface area contributed by atoms with Gasteiger partial charge in [-0.2, -0.15) is 0 Å². The Morgan fingerprint density at radius 3 is 2.39 bits per heavy atom. The van der Waals surface area contributed by atoms with Crippen LogP contribution in [0.3, 0.4) is 0 Å². The van der Waals surface area contributed by atoms with E-state index in [0.717, 1.165) is 10.4 Å². The summed E-state index contributed by atoms with van der Waals surface area (Å²) in [4.78, 5) is 28.8. The summed E-state index contributed by atoms with van der Waals surface area (Å²) in [5.74, 6) is 0.524. The quantitative estimate of drug-likeness (QED) is 0.527. The van der Waals surface area contributed by atoms with E-state index in [4.69, 9.17) is 9.47 Å². The Morgan fingerprint density at radius 1 is 0.935 bits per heavy atom. The van der Waals surface area contributed by atoms with Crippen LogP contribution in [0.5, 0.6) is 11.5 Å². The summed E-state index contributed by atoms with van der Waals surface area (Å²) in [6.45, 7) is 2.50. The van der Waals surface area contributed by atoms with E-state index in [0.29, 0.717) is 29.4 Å². The van der Waals surface area contributed by atoms with Gasteiger partial charge < -0.3 is 14.8 Å². The number of nitrogens with zero attached hydrogens (tertiary/aromatic N) is 1. The molecule has 2 heterocycles. The Labute approximate surface area is 184 Å². The zero-order chi connectivity index (χ0) is 21.8. The molecule has 6 nitrogen and oxygen atoms in total. The molecule has 0 atom stereocenters. The molecular weight excluding hydrogens is 412 g/mol. The molecule has 1 aliphatic heterocycles. The number of anilines is 1. The summed E-state index contributed by atoms with van der Waals surface area (Å²) < 4.78 is 11.1. The first-order valence-electron chi connectivity index (χ1n) is 9.89. The van der Waals surface area contributed by atoms with Crippen LogP contribution in [0.15, 0.2) is 71.7 Å². The molecule has 0 radical (unpaired) electrons. The van der Waals surface area contributed by atoms with Crippen molar-refractivity contribution in [2.24, 2.45) is 0 Å². The highest BCUT2D eigenvalue weighted by atomic mass is 32.1. The fourth-order valence-corrected chi connectivity index (χ4v) is 4.24. The van der Waals surface area contributed by atoms with Crippen LogP contribution in [0, 0.1) is 0 Å². The van der Waals surface area contributed by atoms with Crippen LogP contribution in [0.1, 0.15) is 17.4 Å². The smallest absolute Gasteiger partial charge is 0.278 e. The summed E-state index contributed by atoms with van der Waals surface area (Å²) in [6, 6.07) is 18.4. The average molecular weight is 435 g/mol. The molecule has 0 unspecified atom stereocenters. The molecule has 0 aliphatic carbocycles. The molecule has 2 aromatic carbocycles. The second-order valence-electron chi connectivity index (χ2n) is 6.79. The number of methoxy groups -OCH3 is 1. The van der Waals surface area contributed by atoms with Crippen molar-refractivity contribution in [3.8, 4) is 11.5 Å². The first-order valence-corrected chi connectivity index (χ1v) is 10.8. The number of carbonyl (C=O) groups is 2. The summed E-state index contributed by atoms with van der Waals surface area (Å²) in [5, 5.41) is 5.06. The van der Waals surface area contributed by atoms with Crippen molar-refractivity contribution in [1.29, 1.82) is 0 Å². The number of ether oxygens (including phenoxy) is 2. The van der Waals surface area contributed by atoms with Gasteiger partial charge in [-0.05, 0) is 36.6 Å². The van der Waals surface area contributed by atoms with Gasteiger partial charge >= 0.3 is 0 Å².